The van der Waals surface area contributed by atoms with Gasteiger partial charge in [0, 0.05) is 25.7 Å². The number of hydrogen-bond acceptors (Lipinski definition) is 15. The fraction of sp³-hybridized carbons (Fsp3) is 0.943. The monoisotopic (exact) mass is 1310 g/mol. The normalized spacial score (nSPS) is 14.3. The van der Waals surface area contributed by atoms with E-state index in [0.29, 0.717) is 25.7 Å². The highest BCUT2D eigenvalue weighted by molar-refractivity contribution is 7.47. The third kappa shape index (κ3) is 64.6. The summed E-state index contributed by atoms with van der Waals surface area (Å²) in [5, 5.41) is 10.6. The smallest absolute Gasteiger partial charge is 0.462 e. The Morgan fingerprint density at radius 2 is 0.472 bits per heavy atom. The average molecular weight is 1310 g/mol. The van der Waals surface area contributed by atoms with E-state index in [-0.39, 0.29) is 25.7 Å². The topological polar surface area (TPSA) is 237 Å². The van der Waals surface area contributed by atoms with Gasteiger partial charge in [-0.2, -0.15) is 0 Å². The van der Waals surface area contributed by atoms with Gasteiger partial charge >= 0.3 is 39.5 Å². The molecule has 0 saturated carbocycles. The molecular weight excluding hydrogens is 1170 g/mol. The third-order valence-electron chi connectivity index (χ3n) is 16.1. The summed E-state index contributed by atoms with van der Waals surface area (Å²) in [5.74, 6) is 0.836. The Kier molecular flexibility index (Phi) is 58.5. The summed E-state index contributed by atoms with van der Waals surface area (Å²) in [6, 6.07) is 0. The molecule has 17 nitrogen and oxygen atoms in total. The van der Waals surface area contributed by atoms with Crippen LogP contribution in [0, 0.1) is 23.7 Å². The Hall–Kier alpha value is -1.94. The quantitative estimate of drug-likeness (QED) is 0.0222. The molecule has 0 aromatic carbocycles. The fourth-order valence-electron chi connectivity index (χ4n) is 10.5. The predicted molar refractivity (Wildman–Crippen MR) is 358 cm³/mol. The molecule has 0 radical (unpaired) electrons. The number of carbonyl (C=O) groups excluding carboxylic acids is 4. The second-order valence-electron chi connectivity index (χ2n) is 27.2. The molecule has 0 aliphatic carbocycles. The number of aliphatic hydroxyl groups excluding tert-OH is 1. The molecule has 0 amide bonds. The number of rotatable bonds is 67. The summed E-state index contributed by atoms with van der Waals surface area (Å²) < 4.78 is 68.3. The molecule has 0 bridgehead atoms. The second-order valence-corrected chi connectivity index (χ2v) is 30.1. The van der Waals surface area contributed by atoms with Crippen LogP contribution >= 0.6 is 15.6 Å². The molecule has 0 aliphatic heterocycles. The molecule has 0 saturated heterocycles. The van der Waals surface area contributed by atoms with Gasteiger partial charge in [-0.15, -0.1) is 0 Å². The molecule has 0 aromatic rings. The molecule has 0 heterocycles. The first kappa shape index (κ1) is 87.1. The molecule has 3 N–H and O–H groups in total. The highest BCUT2D eigenvalue weighted by Crippen LogP contribution is 2.45. The SMILES string of the molecule is CC(C)CCCCCCCCCCCCCCC(=O)O[C@H](COC(=O)CCCCCCCCCCC(C)C)COP(=O)(O)OCC(O)COP(=O)(O)OC[C@@H](COC(=O)CCCCCCCCCCC(C)C)OC(=O)CCCCCCCCCCCC(C)C. The van der Waals surface area contributed by atoms with Gasteiger partial charge in [-0.25, -0.2) is 9.13 Å². The molecule has 3 unspecified atom stereocenters. The molecule has 5 atom stereocenters. The number of hydrogen-bond donors (Lipinski definition) is 3. The number of phosphoric acid groups is 2. The highest BCUT2D eigenvalue weighted by Gasteiger charge is 2.30. The van der Waals surface area contributed by atoms with Crippen molar-refractivity contribution in [2.45, 2.75) is 363 Å². The van der Waals surface area contributed by atoms with Gasteiger partial charge in [-0.1, -0.05) is 293 Å². The van der Waals surface area contributed by atoms with Crippen molar-refractivity contribution in [1.82, 2.24) is 0 Å². The van der Waals surface area contributed by atoms with Crippen LogP contribution in [0.25, 0.3) is 0 Å². The first-order valence-electron chi connectivity index (χ1n) is 36.2. The minimum absolute atomic E-state index is 0.104. The van der Waals surface area contributed by atoms with Crippen LogP contribution < -0.4 is 0 Å². The Morgan fingerprint density at radius 1 is 0.281 bits per heavy atom. The largest absolute Gasteiger partial charge is 0.472 e. The second kappa shape index (κ2) is 59.8. The molecule has 19 heteroatoms. The maximum absolute atomic E-state index is 13.0. The fourth-order valence-corrected chi connectivity index (χ4v) is 12.1. The Morgan fingerprint density at radius 3 is 0.697 bits per heavy atom. The lowest BCUT2D eigenvalue weighted by Gasteiger charge is -2.21. The van der Waals surface area contributed by atoms with Gasteiger partial charge in [-0.3, -0.25) is 37.3 Å². The van der Waals surface area contributed by atoms with E-state index in [0.717, 1.165) is 114 Å². The van der Waals surface area contributed by atoms with Crippen LogP contribution in [0.1, 0.15) is 344 Å². The van der Waals surface area contributed by atoms with Crippen molar-refractivity contribution in [2.75, 3.05) is 39.6 Å². The van der Waals surface area contributed by atoms with E-state index in [2.05, 4.69) is 55.4 Å². The summed E-state index contributed by atoms with van der Waals surface area (Å²) in [4.78, 5) is 72.5. The van der Waals surface area contributed by atoms with E-state index in [1.54, 1.807) is 0 Å². The molecule has 0 spiro atoms. The molecule has 0 rings (SSSR count). The Labute approximate surface area is 543 Å². The lowest BCUT2D eigenvalue weighted by Crippen LogP contribution is -2.30. The Bertz CT molecular complexity index is 1760. The van der Waals surface area contributed by atoms with Crippen molar-refractivity contribution in [3.63, 3.8) is 0 Å². The molecule has 0 aromatic heterocycles. The molecule has 0 aliphatic rings. The first-order chi connectivity index (χ1) is 42.6. The van der Waals surface area contributed by atoms with Crippen molar-refractivity contribution < 1.29 is 80.2 Å². The van der Waals surface area contributed by atoms with Crippen LogP contribution in [-0.4, -0.2) is 96.7 Å². The predicted octanol–water partition coefficient (Wildman–Crippen LogP) is 19.7. The molecule has 0 fully saturated rings. The van der Waals surface area contributed by atoms with E-state index >= 15 is 0 Å². The van der Waals surface area contributed by atoms with Crippen molar-refractivity contribution in [2.24, 2.45) is 23.7 Å². The zero-order valence-electron chi connectivity index (χ0n) is 58.1. The summed E-state index contributed by atoms with van der Waals surface area (Å²) in [6.07, 6.45) is 41.7. The van der Waals surface area contributed by atoms with E-state index in [4.69, 9.17) is 37.0 Å². The van der Waals surface area contributed by atoms with Crippen LogP contribution in [0.15, 0.2) is 0 Å². The Balaban J connectivity index is 5.26. The van der Waals surface area contributed by atoms with Gasteiger partial charge in [0.25, 0.3) is 0 Å². The molecule has 89 heavy (non-hydrogen) atoms. The zero-order valence-corrected chi connectivity index (χ0v) is 59.8. The summed E-state index contributed by atoms with van der Waals surface area (Å²) >= 11 is 0. The average Bonchev–Trinajstić information content (AvgIpc) is 3.69. The van der Waals surface area contributed by atoms with Gasteiger partial charge in [0.15, 0.2) is 12.2 Å². The summed E-state index contributed by atoms with van der Waals surface area (Å²) in [6.45, 7) is 14.1. The first-order valence-corrected chi connectivity index (χ1v) is 39.2. The minimum Gasteiger partial charge on any atom is -0.462 e. The van der Waals surface area contributed by atoms with Crippen LogP contribution in [0.3, 0.4) is 0 Å². The number of ether oxygens (including phenoxy) is 4. The maximum atomic E-state index is 13.0. The van der Waals surface area contributed by atoms with Gasteiger partial charge in [0.2, 0.25) is 0 Å². The van der Waals surface area contributed by atoms with E-state index in [1.165, 1.54) is 148 Å². The van der Waals surface area contributed by atoms with Crippen molar-refractivity contribution >= 4 is 39.5 Å². The van der Waals surface area contributed by atoms with E-state index < -0.39 is 97.5 Å². The maximum Gasteiger partial charge on any atom is 0.472 e. The van der Waals surface area contributed by atoms with Crippen LogP contribution in [0.2, 0.25) is 0 Å². The lowest BCUT2D eigenvalue weighted by atomic mass is 10.0. The number of esters is 4. The van der Waals surface area contributed by atoms with Gasteiger partial charge < -0.3 is 33.8 Å². The standard InChI is InChI=1S/C70H136O17P2/c1-60(2)46-38-30-22-14-11-9-10-12-16-28-36-44-52-69(74)86-65(56-80-67(72)50-42-34-26-20-18-24-32-40-48-62(5)6)58-84-88(76,77)82-54-64(71)55-83-89(78,79)85-59-66(57-81-68(73)51-43-35-27-21-19-25-33-41-49-63(7)8)87-70(75)53-45-37-29-17-13-15-23-31-39-47-61(3)4/h60-66,71H,9-59H2,1-8H3,(H,76,77)(H,78,79)/t64?,65-,66-/m1/s1. The lowest BCUT2D eigenvalue weighted by molar-refractivity contribution is -0.161. The highest BCUT2D eigenvalue weighted by atomic mass is 31.2. The summed E-state index contributed by atoms with van der Waals surface area (Å²) in [7, 11) is -9.90. The van der Waals surface area contributed by atoms with Crippen LogP contribution in [0.5, 0.6) is 0 Å². The van der Waals surface area contributed by atoms with E-state index in [9.17, 15) is 43.2 Å². The number of unbranched alkanes of at least 4 members (excludes halogenated alkanes) is 33. The van der Waals surface area contributed by atoms with E-state index in [1.807, 2.05) is 0 Å². The number of carbonyl (C=O) groups is 4. The molecule has 528 valence electrons. The zero-order chi connectivity index (χ0) is 66.1. The van der Waals surface area contributed by atoms with Gasteiger partial charge in [0.05, 0.1) is 26.4 Å². The minimum atomic E-state index is -4.95. The van der Waals surface area contributed by atoms with Crippen molar-refractivity contribution in [3.8, 4) is 0 Å². The number of phosphoric ester groups is 2. The third-order valence-corrected chi connectivity index (χ3v) is 18.0. The van der Waals surface area contributed by atoms with Crippen molar-refractivity contribution in [3.05, 3.63) is 0 Å². The van der Waals surface area contributed by atoms with Gasteiger partial charge in [0.1, 0.15) is 19.3 Å². The molecular formula is C70H136O17P2. The van der Waals surface area contributed by atoms with Crippen LogP contribution in [0.4, 0.5) is 0 Å². The summed E-state index contributed by atoms with van der Waals surface area (Å²) in [5.41, 5.74) is 0. The van der Waals surface area contributed by atoms with Crippen molar-refractivity contribution in [1.29, 1.82) is 0 Å². The van der Waals surface area contributed by atoms with Gasteiger partial charge in [-0.05, 0) is 49.4 Å². The number of aliphatic hydroxyl groups is 1. The van der Waals surface area contributed by atoms with Crippen LogP contribution in [-0.2, 0) is 65.4 Å².